The normalized spacial score (nSPS) is 10.1. The van der Waals surface area contributed by atoms with Crippen molar-refractivity contribution in [1.29, 1.82) is 0 Å². The zero-order chi connectivity index (χ0) is 11.7. The van der Waals surface area contributed by atoms with E-state index in [1.165, 1.54) is 0 Å². The molecule has 1 N–H and O–H groups in total. The lowest BCUT2D eigenvalue weighted by Crippen LogP contribution is -1.88. The number of pyridine rings is 1. The van der Waals surface area contributed by atoms with Crippen LogP contribution < -0.4 is 4.74 Å². The molecule has 3 aromatic rings. The van der Waals surface area contributed by atoms with Crippen molar-refractivity contribution in [3.05, 3.63) is 42.7 Å². The number of hydrogen-bond donors (Lipinski definition) is 1. The number of benzene rings is 1. The number of aromatic nitrogens is 3. The lowest BCUT2D eigenvalue weighted by Gasteiger charge is -2.04. The summed E-state index contributed by atoms with van der Waals surface area (Å²) < 4.78 is 5.32. The highest BCUT2D eigenvalue weighted by Gasteiger charge is 2.09. The van der Waals surface area contributed by atoms with E-state index in [1.54, 1.807) is 19.5 Å². The van der Waals surface area contributed by atoms with Crippen LogP contribution in [0.15, 0.2) is 42.7 Å². The van der Waals surface area contributed by atoms with E-state index in [0.29, 0.717) is 0 Å². The number of rotatable bonds is 2. The van der Waals surface area contributed by atoms with Crippen molar-refractivity contribution in [2.45, 2.75) is 0 Å². The molecule has 0 radical (unpaired) electrons. The molecule has 4 nitrogen and oxygen atoms in total. The summed E-state index contributed by atoms with van der Waals surface area (Å²) in [7, 11) is 1.66. The maximum atomic E-state index is 5.32. The standard InChI is InChI=1S/C13H11N3O.ClH/c1-17-12-5-3-2-4-9(12)13-15-10-6-7-14-8-11(10)16-13;/h2-8H,1H3,(H,15,16);1H. The molecular weight excluding hydrogens is 250 g/mol. The third-order valence-electron chi connectivity index (χ3n) is 2.65. The molecule has 0 saturated carbocycles. The van der Waals surface area contributed by atoms with E-state index >= 15 is 0 Å². The van der Waals surface area contributed by atoms with Gasteiger partial charge in [-0.15, -0.1) is 12.4 Å². The monoisotopic (exact) mass is 261 g/mol. The molecule has 0 aliphatic heterocycles. The van der Waals surface area contributed by atoms with Crippen molar-refractivity contribution in [3.8, 4) is 17.1 Å². The van der Waals surface area contributed by atoms with E-state index in [0.717, 1.165) is 28.2 Å². The first-order valence-electron chi connectivity index (χ1n) is 5.31. The molecule has 5 heteroatoms. The van der Waals surface area contributed by atoms with E-state index in [4.69, 9.17) is 4.74 Å². The smallest absolute Gasteiger partial charge is 0.142 e. The lowest BCUT2D eigenvalue weighted by molar-refractivity contribution is 0.416. The molecule has 0 aliphatic carbocycles. The SMILES string of the molecule is COc1ccccc1-c1nc2cnccc2[nH]1.Cl. The molecule has 0 saturated heterocycles. The van der Waals surface area contributed by atoms with Crippen LogP contribution in [0.5, 0.6) is 5.75 Å². The zero-order valence-corrected chi connectivity index (χ0v) is 10.6. The number of ether oxygens (including phenoxy) is 1. The fraction of sp³-hybridized carbons (Fsp3) is 0.0769. The number of methoxy groups -OCH3 is 1. The van der Waals surface area contributed by atoms with Crippen LogP contribution in [0.1, 0.15) is 0 Å². The number of nitrogens with one attached hydrogen (secondary N) is 1. The average Bonchev–Trinajstić information content (AvgIpc) is 2.82. The quantitative estimate of drug-likeness (QED) is 0.771. The Morgan fingerprint density at radius 2 is 2.00 bits per heavy atom. The number of fused-ring (bicyclic) bond motifs is 1. The molecule has 0 amide bonds. The maximum Gasteiger partial charge on any atom is 0.142 e. The fourth-order valence-electron chi connectivity index (χ4n) is 1.82. The number of nitrogens with zero attached hydrogens (tertiary/aromatic N) is 2. The molecule has 0 fully saturated rings. The van der Waals surface area contributed by atoms with Crippen LogP contribution in [0, 0.1) is 0 Å². The molecule has 2 heterocycles. The van der Waals surface area contributed by atoms with Crippen LogP contribution in [0.2, 0.25) is 0 Å². The van der Waals surface area contributed by atoms with Crippen LogP contribution in [0.4, 0.5) is 0 Å². The van der Waals surface area contributed by atoms with Crippen LogP contribution in [0.25, 0.3) is 22.4 Å². The summed E-state index contributed by atoms with van der Waals surface area (Å²) in [6.07, 6.45) is 3.48. The van der Waals surface area contributed by atoms with Crippen LogP contribution >= 0.6 is 12.4 Å². The number of para-hydroxylation sites is 1. The van der Waals surface area contributed by atoms with Gasteiger partial charge >= 0.3 is 0 Å². The van der Waals surface area contributed by atoms with E-state index in [-0.39, 0.29) is 12.4 Å². The molecule has 0 spiro atoms. The molecule has 3 rings (SSSR count). The Bertz CT molecular complexity index is 633. The number of H-pyrrole nitrogens is 1. The minimum atomic E-state index is 0. The van der Waals surface area contributed by atoms with Gasteiger partial charge in [0.1, 0.15) is 17.1 Å². The highest BCUT2D eigenvalue weighted by atomic mass is 35.5. The van der Waals surface area contributed by atoms with Crippen molar-refractivity contribution in [2.24, 2.45) is 0 Å². The Kier molecular flexibility index (Phi) is 3.48. The molecule has 92 valence electrons. The molecule has 0 atom stereocenters. The van der Waals surface area contributed by atoms with Crippen LogP contribution in [0.3, 0.4) is 0 Å². The van der Waals surface area contributed by atoms with Crippen molar-refractivity contribution < 1.29 is 4.74 Å². The van der Waals surface area contributed by atoms with Crippen molar-refractivity contribution in [2.75, 3.05) is 7.11 Å². The molecular formula is C13H12ClN3O. The lowest BCUT2D eigenvalue weighted by atomic mass is 10.2. The van der Waals surface area contributed by atoms with Gasteiger partial charge in [0.15, 0.2) is 0 Å². The van der Waals surface area contributed by atoms with E-state index < -0.39 is 0 Å². The Labute approximate surface area is 110 Å². The highest BCUT2D eigenvalue weighted by molar-refractivity contribution is 5.85. The highest BCUT2D eigenvalue weighted by Crippen LogP contribution is 2.28. The van der Waals surface area contributed by atoms with E-state index in [2.05, 4.69) is 15.0 Å². The van der Waals surface area contributed by atoms with Crippen molar-refractivity contribution in [3.63, 3.8) is 0 Å². The molecule has 1 aromatic carbocycles. The summed E-state index contributed by atoms with van der Waals surface area (Å²) in [6.45, 7) is 0. The number of hydrogen-bond acceptors (Lipinski definition) is 3. The first-order chi connectivity index (χ1) is 8.38. The Morgan fingerprint density at radius 1 is 1.17 bits per heavy atom. The van der Waals surface area contributed by atoms with Gasteiger partial charge in [-0.1, -0.05) is 12.1 Å². The molecule has 2 aromatic heterocycles. The fourth-order valence-corrected chi connectivity index (χ4v) is 1.82. The van der Waals surface area contributed by atoms with Crippen molar-refractivity contribution >= 4 is 23.4 Å². The van der Waals surface area contributed by atoms with E-state index in [1.807, 2.05) is 30.3 Å². The minimum absolute atomic E-state index is 0. The van der Waals surface area contributed by atoms with Gasteiger partial charge in [-0.25, -0.2) is 4.98 Å². The van der Waals surface area contributed by atoms with Gasteiger partial charge < -0.3 is 9.72 Å². The van der Waals surface area contributed by atoms with Gasteiger partial charge in [-0.3, -0.25) is 4.98 Å². The predicted octanol–water partition coefficient (Wildman–Crippen LogP) is 3.06. The minimum Gasteiger partial charge on any atom is -0.496 e. The third kappa shape index (κ3) is 2.02. The third-order valence-corrected chi connectivity index (χ3v) is 2.65. The van der Waals surface area contributed by atoms with Gasteiger partial charge in [0.05, 0.1) is 24.4 Å². The molecule has 18 heavy (non-hydrogen) atoms. The first kappa shape index (κ1) is 12.4. The largest absolute Gasteiger partial charge is 0.496 e. The summed E-state index contributed by atoms with van der Waals surface area (Å²) in [5, 5.41) is 0. The molecule has 0 unspecified atom stereocenters. The summed E-state index contributed by atoms with van der Waals surface area (Å²) in [5.41, 5.74) is 2.78. The zero-order valence-electron chi connectivity index (χ0n) is 9.75. The number of halogens is 1. The summed E-state index contributed by atoms with van der Waals surface area (Å²) in [6, 6.07) is 9.70. The summed E-state index contributed by atoms with van der Waals surface area (Å²) >= 11 is 0. The Balaban J connectivity index is 0.00000120. The Morgan fingerprint density at radius 3 is 2.78 bits per heavy atom. The maximum absolute atomic E-state index is 5.32. The topological polar surface area (TPSA) is 50.8 Å². The number of aromatic amines is 1. The number of imidazole rings is 1. The first-order valence-corrected chi connectivity index (χ1v) is 5.31. The molecule has 0 aliphatic rings. The summed E-state index contributed by atoms with van der Waals surface area (Å²) in [5.74, 6) is 1.60. The van der Waals surface area contributed by atoms with Gasteiger partial charge in [0.25, 0.3) is 0 Å². The average molecular weight is 262 g/mol. The van der Waals surface area contributed by atoms with Crippen LogP contribution in [-0.2, 0) is 0 Å². The second-order valence-electron chi connectivity index (χ2n) is 3.68. The van der Waals surface area contributed by atoms with Gasteiger partial charge in [0.2, 0.25) is 0 Å². The second kappa shape index (κ2) is 5.06. The van der Waals surface area contributed by atoms with Gasteiger partial charge in [0, 0.05) is 6.20 Å². The predicted molar refractivity (Wildman–Crippen MR) is 73.1 cm³/mol. The van der Waals surface area contributed by atoms with E-state index in [9.17, 15) is 0 Å². The van der Waals surface area contributed by atoms with Crippen molar-refractivity contribution in [1.82, 2.24) is 15.0 Å². The van der Waals surface area contributed by atoms with Crippen LogP contribution in [-0.4, -0.2) is 22.1 Å². The summed E-state index contributed by atoms with van der Waals surface area (Å²) in [4.78, 5) is 11.8. The second-order valence-corrected chi connectivity index (χ2v) is 3.68. The van der Waals surface area contributed by atoms with Gasteiger partial charge in [-0.2, -0.15) is 0 Å². The van der Waals surface area contributed by atoms with Gasteiger partial charge in [-0.05, 0) is 18.2 Å². The Hall–Kier alpha value is -2.07. The molecule has 0 bridgehead atoms.